The van der Waals surface area contributed by atoms with Crippen molar-refractivity contribution >= 4 is 45.1 Å². The lowest BCUT2D eigenvalue weighted by atomic mass is 9.97. The molecule has 4 heteroatoms. The van der Waals surface area contributed by atoms with Gasteiger partial charge in [0, 0.05) is 0 Å². The summed E-state index contributed by atoms with van der Waals surface area (Å²) in [4.78, 5) is 26.1. The van der Waals surface area contributed by atoms with Gasteiger partial charge in [-0.15, -0.1) is 0 Å². The fourth-order valence-corrected chi connectivity index (χ4v) is 4.61. The van der Waals surface area contributed by atoms with E-state index >= 15 is 0 Å². The summed E-state index contributed by atoms with van der Waals surface area (Å²) in [5.74, 6) is 0.408. The first-order valence-corrected chi connectivity index (χ1v) is 11.5. The van der Waals surface area contributed by atoms with E-state index in [0.29, 0.717) is 44.2 Å². The van der Waals surface area contributed by atoms with Gasteiger partial charge in [-0.1, -0.05) is 61.7 Å². The van der Waals surface area contributed by atoms with Gasteiger partial charge in [-0.25, -0.2) is 0 Å². The number of hydrogen-bond donors (Lipinski definition) is 0. The van der Waals surface area contributed by atoms with Crippen LogP contribution < -0.4 is 10.9 Å². The van der Waals surface area contributed by atoms with Crippen molar-refractivity contribution in [3.8, 4) is 22.3 Å². The average Bonchev–Trinajstić information content (AvgIpc) is 2.93. The van der Waals surface area contributed by atoms with E-state index in [9.17, 15) is 9.59 Å². The predicted molar refractivity (Wildman–Crippen MR) is 147 cm³/mol. The first-order chi connectivity index (χ1) is 17.6. The zero-order valence-corrected chi connectivity index (χ0v) is 19.3. The molecule has 6 rings (SSSR count). The summed E-state index contributed by atoms with van der Waals surface area (Å²) in [6.45, 7) is 7.47. The van der Waals surface area contributed by atoms with Gasteiger partial charge in [0.1, 0.15) is 22.5 Å². The van der Waals surface area contributed by atoms with Crippen LogP contribution in [0.3, 0.4) is 0 Å². The number of fused-ring (bicyclic) bond motifs is 3. The molecule has 172 valence electrons. The highest BCUT2D eigenvalue weighted by Crippen LogP contribution is 2.30. The number of hydrogen-bond acceptors (Lipinski definition) is 4. The zero-order valence-electron chi connectivity index (χ0n) is 19.3. The third-order valence-electron chi connectivity index (χ3n) is 6.45. The molecule has 4 nitrogen and oxygen atoms in total. The lowest BCUT2D eigenvalue weighted by Crippen LogP contribution is -2.07. The first-order valence-electron chi connectivity index (χ1n) is 11.5. The normalized spacial score (nSPS) is 11.2. The van der Waals surface area contributed by atoms with Crippen LogP contribution in [0.5, 0.6) is 0 Å². The number of benzene rings is 4. The van der Waals surface area contributed by atoms with Crippen LogP contribution in [0.25, 0.3) is 67.3 Å². The molecule has 0 aliphatic carbocycles. The van der Waals surface area contributed by atoms with Gasteiger partial charge in [-0.3, -0.25) is 9.59 Å². The van der Waals surface area contributed by atoms with E-state index in [0.717, 1.165) is 22.3 Å². The predicted octanol–water partition coefficient (Wildman–Crippen LogP) is 7.67. The lowest BCUT2D eigenvalue weighted by Gasteiger charge is -2.09. The zero-order chi connectivity index (χ0) is 24.8. The van der Waals surface area contributed by atoms with E-state index in [2.05, 4.69) is 13.2 Å². The molecular weight excluding hydrogens is 448 g/mol. The molecular formula is C32H20O4. The van der Waals surface area contributed by atoms with E-state index in [4.69, 9.17) is 8.83 Å². The Morgan fingerprint density at radius 2 is 1.11 bits per heavy atom. The van der Waals surface area contributed by atoms with Crippen molar-refractivity contribution in [2.24, 2.45) is 0 Å². The first kappa shape index (κ1) is 21.6. The Bertz CT molecular complexity index is 1970. The standard InChI is InChI=1S/C32H20O4/c1-3-23-27(4-2)35-29-14-12-21(17-25(29)31(23)33)19-8-7-9-20(16-19)22-13-15-30-26(18-22)32(34)24-10-5-6-11-28(24)36-30/h3-18H,1-2H2. The maximum Gasteiger partial charge on any atom is 0.200 e. The van der Waals surface area contributed by atoms with E-state index in [1.165, 1.54) is 12.2 Å². The molecule has 0 amide bonds. The van der Waals surface area contributed by atoms with Crippen LogP contribution >= 0.6 is 0 Å². The molecule has 0 N–H and O–H groups in total. The smallest absolute Gasteiger partial charge is 0.200 e. The Balaban J connectivity index is 1.48. The van der Waals surface area contributed by atoms with E-state index in [-0.39, 0.29) is 10.9 Å². The third kappa shape index (κ3) is 3.39. The topological polar surface area (TPSA) is 60.4 Å². The molecule has 0 spiro atoms. The Kier molecular flexibility index (Phi) is 5.01. The highest BCUT2D eigenvalue weighted by atomic mass is 16.3. The van der Waals surface area contributed by atoms with Crippen molar-refractivity contribution in [1.82, 2.24) is 0 Å². The fourth-order valence-electron chi connectivity index (χ4n) is 4.61. The van der Waals surface area contributed by atoms with Crippen molar-refractivity contribution in [2.75, 3.05) is 0 Å². The molecule has 6 aromatic rings. The van der Waals surface area contributed by atoms with Crippen LogP contribution in [-0.4, -0.2) is 0 Å². The van der Waals surface area contributed by atoms with Crippen LogP contribution in [0.15, 0.2) is 117 Å². The number of para-hydroxylation sites is 1. The summed E-state index contributed by atoms with van der Waals surface area (Å²) in [5.41, 5.74) is 5.48. The van der Waals surface area contributed by atoms with Crippen molar-refractivity contribution in [1.29, 1.82) is 0 Å². The van der Waals surface area contributed by atoms with Crippen molar-refractivity contribution in [3.05, 3.63) is 130 Å². The Morgan fingerprint density at radius 1 is 0.528 bits per heavy atom. The van der Waals surface area contributed by atoms with Crippen molar-refractivity contribution in [2.45, 2.75) is 0 Å². The minimum absolute atomic E-state index is 0.0528. The molecule has 0 radical (unpaired) electrons. The number of rotatable bonds is 4. The van der Waals surface area contributed by atoms with E-state index in [1.54, 1.807) is 18.2 Å². The summed E-state index contributed by atoms with van der Waals surface area (Å²) in [6, 6.07) is 26.4. The summed E-state index contributed by atoms with van der Waals surface area (Å²) in [5, 5.41) is 1.58. The highest BCUT2D eigenvalue weighted by molar-refractivity contribution is 5.92. The van der Waals surface area contributed by atoms with Gasteiger partial charge >= 0.3 is 0 Å². The molecule has 36 heavy (non-hydrogen) atoms. The molecule has 0 unspecified atom stereocenters. The van der Waals surface area contributed by atoms with Gasteiger partial charge in [0.25, 0.3) is 0 Å². The second-order valence-corrected chi connectivity index (χ2v) is 8.55. The molecule has 0 fully saturated rings. The molecule has 0 aliphatic heterocycles. The second-order valence-electron chi connectivity index (χ2n) is 8.55. The van der Waals surface area contributed by atoms with E-state index < -0.39 is 0 Å². The van der Waals surface area contributed by atoms with Crippen LogP contribution in [0.1, 0.15) is 11.3 Å². The fraction of sp³-hybridized carbons (Fsp3) is 0. The summed E-state index contributed by atoms with van der Waals surface area (Å²) in [6.07, 6.45) is 3.01. The molecule has 0 bridgehead atoms. The quantitative estimate of drug-likeness (QED) is 0.249. The van der Waals surface area contributed by atoms with Crippen molar-refractivity contribution in [3.63, 3.8) is 0 Å². The van der Waals surface area contributed by atoms with Crippen LogP contribution in [0, 0.1) is 0 Å². The summed E-state index contributed by atoms with van der Waals surface area (Å²) < 4.78 is 11.8. The van der Waals surface area contributed by atoms with E-state index in [1.807, 2.05) is 66.7 Å². The molecule has 0 atom stereocenters. The molecule has 0 saturated carbocycles. The maximum atomic E-state index is 13.1. The maximum absolute atomic E-state index is 13.1. The van der Waals surface area contributed by atoms with Crippen molar-refractivity contribution < 1.29 is 8.83 Å². The van der Waals surface area contributed by atoms with Gasteiger partial charge in [-0.05, 0) is 70.8 Å². The lowest BCUT2D eigenvalue weighted by molar-refractivity contribution is 0.589. The van der Waals surface area contributed by atoms with Crippen LogP contribution in [-0.2, 0) is 0 Å². The molecule has 0 saturated heterocycles. The third-order valence-corrected chi connectivity index (χ3v) is 6.45. The van der Waals surface area contributed by atoms with Gasteiger partial charge in [0.05, 0.1) is 21.7 Å². The molecule has 2 aromatic heterocycles. The molecule has 2 heterocycles. The minimum atomic E-state index is -0.146. The average molecular weight is 469 g/mol. The van der Waals surface area contributed by atoms with Gasteiger partial charge < -0.3 is 8.83 Å². The molecule has 4 aromatic carbocycles. The van der Waals surface area contributed by atoms with Gasteiger partial charge in [-0.2, -0.15) is 0 Å². The Labute approximate surface area is 206 Å². The SMILES string of the molecule is C=Cc1oc2ccc(-c3cccc(-c4ccc5oc6ccccc6c(=O)c5c4)c3)cc2c(=O)c1C=C. The van der Waals surface area contributed by atoms with Gasteiger partial charge in [0.2, 0.25) is 10.9 Å². The second kappa shape index (κ2) is 8.36. The van der Waals surface area contributed by atoms with Crippen LogP contribution in [0.4, 0.5) is 0 Å². The van der Waals surface area contributed by atoms with Crippen LogP contribution in [0.2, 0.25) is 0 Å². The van der Waals surface area contributed by atoms with Gasteiger partial charge in [0.15, 0.2) is 0 Å². The Morgan fingerprint density at radius 3 is 1.78 bits per heavy atom. The molecule has 0 aliphatic rings. The summed E-state index contributed by atoms with van der Waals surface area (Å²) in [7, 11) is 0. The monoisotopic (exact) mass is 468 g/mol. The Hall–Kier alpha value is -4.96. The summed E-state index contributed by atoms with van der Waals surface area (Å²) >= 11 is 0. The largest absolute Gasteiger partial charge is 0.456 e. The minimum Gasteiger partial charge on any atom is -0.456 e. The highest BCUT2D eigenvalue weighted by Gasteiger charge is 2.13.